The van der Waals surface area contributed by atoms with Gasteiger partial charge in [-0.3, -0.25) is 14.4 Å². The van der Waals surface area contributed by atoms with Crippen molar-refractivity contribution < 1.29 is 19.5 Å². The maximum atomic E-state index is 13.8. The van der Waals surface area contributed by atoms with Crippen LogP contribution in [-0.2, 0) is 24.3 Å². The van der Waals surface area contributed by atoms with E-state index in [1.165, 1.54) is 0 Å². The van der Waals surface area contributed by atoms with E-state index in [2.05, 4.69) is 0 Å². The van der Waals surface area contributed by atoms with Crippen molar-refractivity contribution in [2.24, 2.45) is 0 Å². The van der Waals surface area contributed by atoms with Gasteiger partial charge in [0.25, 0.3) is 5.91 Å². The molecule has 0 spiro atoms. The average Bonchev–Trinajstić information content (AvgIpc) is 2.89. The van der Waals surface area contributed by atoms with Crippen molar-refractivity contribution in [3.05, 3.63) is 131 Å². The van der Waals surface area contributed by atoms with Gasteiger partial charge >= 0.3 is 5.97 Å². The first-order valence-electron chi connectivity index (χ1n) is 11.3. The third kappa shape index (κ3) is 5.89. The number of carboxylic acid groups (broad SMARTS) is 1. The van der Waals surface area contributed by atoms with Crippen LogP contribution in [0.5, 0.6) is 0 Å². The first kappa shape index (κ1) is 23.6. The second kappa shape index (κ2) is 11.1. The minimum atomic E-state index is -1.03. The first-order chi connectivity index (χ1) is 17.0. The van der Waals surface area contributed by atoms with Crippen LogP contribution in [0, 0.1) is 0 Å². The summed E-state index contributed by atoms with van der Waals surface area (Å²) in [7, 11) is 0. The van der Waals surface area contributed by atoms with Crippen LogP contribution in [0.4, 0.5) is 0 Å². The molecule has 1 N–H and O–H groups in total. The topological polar surface area (TPSA) is 74.7 Å². The molecular formula is C30H25NO4. The number of hydrogen-bond donors (Lipinski definition) is 1. The Labute approximate surface area is 204 Å². The number of hydrogen-bond acceptors (Lipinski definition) is 3. The highest BCUT2D eigenvalue weighted by Gasteiger charge is 2.22. The van der Waals surface area contributed by atoms with Crippen molar-refractivity contribution in [3.63, 3.8) is 0 Å². The molecule has 0 aliphatic heterocycles. The summed E-state index contributed by atoms with van der Waals surface area (Å²) in [6.07, 6.45) is 0.468. The number of nitrogens with zero attached hydrogens (tertiary/aromatic N) is 1. The fourth-order valence-electron chi connectivity index (χ4n) is 4.12. The van der Waals surface area contributed by atoms with Gasteiger partial charge in [-0.05, 0) is 39.9 Å². The molecule has 1 amide bonds. The number of rotatable bonds is 9. The summed E-state index contributed by atoms with van der Waals surface area (Å²) in [5.41, 5.74) is 4.60. The fraction of sp³-hybridized carbons (Fsp3) is 0.100. The Morgan fingerprint density at radius 2 is 1.31 bits per heavy atom. The number of carbonyl (C=O) groups excluding carboxylic acids is 2. The predicted molar refractivity (Wildman–Crippen MR) is 135 cm³/mol. The minimum absolute atomic E-state index is 0.246. The lowest BCUT2D eigenvalue weighted by Gasteiger charge is -2.24. The predicted octanol–water partition coefficient (Wildman–Crippen LogP) is 5.64. The molecule has 4 rings (SSSR count). The molecule has 0 unspecified atom stereocenters. The highest BCUT2D eigenvalue weighted by molar-refractivity contribution is 5.98. The molecule has 0 aromatic heterocycles. The minimum Gasteiger partial charge on any atom is -0.481 e. The summed E-state index contributed by atoms with van der Waals surface area (Å²) in [5, 5.41) is 9.56. The zero-order chi connectivity index (χ0) is 24.6. The Morgan fingerprint density at radius 1 is 0.743 bits per heavy atom. The van der Waals surface area contributed by atoms with Gasteiger partial charge in [0.05, 0.1) is 6.42 Å². The SMILES string of the molecule is O=Cc1ccccc1-c1ccc(C(=O)N(Cc2ccccc2)Cc2ccccc2)c(CC(=O)O)c1. The molecule has 0 aliphatic carbocycles. The third-order valence-electron chi connectivity index (χ3n) is 5.80. The quantitative estimate of drug-likeness (QED) is 0.326. The summed E-state index contributed by atoms with van der Waals surface area (Å²) in [5.74, 6) is -1.28. The van der Waals surface area contributed by atoms with E-state index in [4.69, 9.17) is 0 Å². The van der Waals surface area contributed by atoms with E-state index in [1.54, 1.807) is 35.2 Å². The van der Waals surface area contributed by atoms with Gasteiger partial charge in [0.2, 0.25) is 0 Å². The van der Waals surface area contributed by atoms with Crippen LogP contribution in [0.2, 0.25) is 0 Å². The van der Waals surface area contributed by atoms with Gasteiger partial charge in [0, 0.05) is 24.2 Å². The molecule has 0 atom stereocenters. The maximum Gasteiger partial charge on any atom is 0.307 e. The molecular weight excluding hydrogens is 438 g/mol. The van der Waals surface area contributed by atoms with Crippen LogP contribution in [-0.4, -0.2) is 28.2 Å². The standard InChI is InChI=1S/C30H25NO4/c32-21-25-13-7-8-14-27(25)24-15-16-28(26(17-24)18-29(33)34)30(35)31(19-22-9-3-1-4-10-22)20-23-11-5-2-6-12-23/h1-17,21H,18-20H2,(H,33,34). The molecule has 174 valence electrons. The second-order valence-electron chi connectivity index (χ2n) is 8.28. The number of carbonyl (C=O) groups is 3. The molecule has 0 heterocycles. The van der Waals surface area contributed by atoms with Crippen LogP contribution in [0.3, 0.4) is 0 Å². The van der Waals surface area contributed by atoms with E-state index < -0.39 is 5.97 Å². The average molecular weight is 464 g/mol. The van der Waals surface area contributed by atoms with Gasteiger partial charge in [-0.2, -0.15) is 0 Å². The van der Waals surface area contributed by atoms with E-state index in [-0.39, 0.29) is 12.3 Å². The van der Waals surface area contributed by atoms with E-state index >= 15 is 0 Å². The van der Waals surface area contributed by atoms with Crippen LogP contribution >= 0.6 is 0 Å². The lowest BCUT2D eigenvalue weighted by atomic mass is 9.94. The van der Waals surface area contributed by atoms with E-state index in [9.17, 15) is 19.5 Å². The van der Waals surface area contributed by atoms with Gasteiger partial charge in [0.15, 0.2) is 6.29 Å². The summed E-state index contributed by atoms with van der Waals surface area (Å²) >= 11 is 0. The number of aliphatic carboxylic acids is 1. The molecule has 0 bridgehead atoms. The summed E-state index contributed by atoms with van der Waals surface area (Å²) in [6.45, 7) is 0.771. The number of carboxylic acids is 1. The lowest BCUT2D eigenvalue weighted by molar-refractivity contribution is -0.136. The van der Waals surface area contributed by atoms with Crippen molar-refractivity contribution >= 4 is 18.2 Å². The van der Waals surface area contributed by atoms with Crippen molar-refractivity contribution in [3.8, 4) is 11.1 Å². The van der Waals surface area contributed by atoms with Gasteiger partial charge in [-0.15, -0.1) is 0 Å². The molecule has 0 saturated heterocycles. The highest BCUT2D eigenvalue weighted by Crippen LogP contribution is 2.27. The molecule has 0 aliphatic rings. The molecule has 5 nitrogen and oxygen atoms in total. The van der Waals surface area contributed by atoms with Crippen molar-refractivity contribution in [2.45, 2.75) is 19.5 Å². The smallest absolute Gasteiger partial charge is 0.307 e. The van der Waals surface area contributed by atoms with Crippen LogP contribution in [0.1, 0.15) is 37.4 Å². The second-order valence-corrected chi connectivity index (χ2v) is 8.28. The first-order valence-corrected chi connectivity index (χ1v) is 11.3. The maximum absolute atomic E-state index is 13.8. The van der Waals surface area contributed by atoms with Crippen molar-refractivity contribution in [1.82, 2.24) is 4.90 Å². The number of aldehydes is 1. The molecule has 0 fully saturated rings. The Kier molecular flexibility index (Phi) is 7.48. The van der Waals surface area contributed by atoms with Crippen LogP contribution in [0.25, 0.3) is 11.1 Å². The molecule has 4 aromatic rings. The molecule has 0 saturated carbocycles. The fourth-order valence-corrected chi connectivity index (χ4v) is 4.12. The summed E-state index contributed by atoms with van der Waals surface area (Å²) < 4.78 is 0. The monoisotopic (exact) mass is 463 g/mol. The van der Waals surface area contributed by atoms with Crippen LogP contribution < -0.4 is 0 Å². The largest absolute Gasteiger partial charge is 0.481 e. The number of benzene rings is 4. The Morgan fingerprint density at radius 3 is 1.89 bits per heavy atom. The van der Waals surface area contributed by atoms with Gasteiger partial charge in [0.1, 0.15) is 0 Å². The molecule has 0 radical (unpaired) electrons. The highest BCUT2D eigenvalue weighted by atomic mass is 16.4. The Balaban J connectivity index is 1.74. The van der Waals surface area contributed by atoms with Gasteiger partial charge < -0.3 is 10.0 Å². The zero-order valence-electron chi connectivity index (χ0n) is 19.1. The molecule has 4 aromatic carbocycles. The van der Waals surface area contributed by atoms with Crippen molar-refractivity contribution in [1.29, 1.82) is 0 Å². The number of amides is 1. The van der Waals surface area contributed by atoms with Gasteiger partial charge in [-0.1, -0.05) is 91.0 Å². The Bertz CT molecular complexity index is 1290. The normalized spacial score (nSPS) is 10.5. The zero-order valence-corrected chi connectivity index (χ0v) is 19.1. The van der Waals surface area contributed by atoms with E-state index in [0.29, 0.717) is 40.9 Å². The van der Waals surface area contributed by atoms with Crippen molar-refractivity contribution in [2.75, 3.05) is 0 Å². The Hall–Kier alpha value is -4.51. The molecule has 5 heteroatoms. The van der Waals surface area contributed by atoms with E-state index in [0.717, 1.165) is 17.4 Å². The third-order valence-corrected chi connectivity index (χ3v) is 5.80. The summed E-state index contributed by atoms with van der Waals surface area (Å²) in [6, 6.07) is 31.6. The van der Waals surface area contributed by atoms with Gasteiger partial charge in [-0.25, -0.2) is 0 Å². The summed E-state index contributed by atoms with van der Waals surface area (Å²) in [4.78, 5) is 38.7. The van der Waals surface area contributed by atoms with E-state index in [1.807, 2.05) is 72.8 Å². The molecule has 35 heavy (non-hydrogen) atoms. The van der Waals surface area contributed by atoms with Crippen LogP contribution in [0.15, 0.2) is 103 Å². The lowest BCUT2D eigenvalue weighted by Crippen LogP contribution is -2.31.